The molecular weight excluding hydrogens is 327 g/mol. The van der Waals surface area contributed by atoms with E-state index in [9.17, 15) is 22.8 Å². The number of piperidine rings is 1. The van der Waals surface area contributed by atoms with Crippen molar-refractivity contribution in [2.75, 3.05) is 19.7 Å². The Balaban J connectivity index is 1.83. The Bertz CT molecular complexity index is 595. The fourth-order valence-corrected chi connectivity index (χ4v) is 2.63. The van der Waals surface area contributed by atoms with Crippen LogP contribution in [0.1, 0.15) is 24.8 Å². The molecule has 0 unspecified atom stereocenters. The number of rotatable bonds is 5. The first kappa shape index (κ1) is 18.1. The Morgan fingerprint density at radius 2 is 1.92 bits per heavy atom. The molecule has 24 heavy (non-hydrogen) atoms. The van der Waals surface area contributed by atoms with Gasteiger partial charge in [-0.25, -0.2) is 0 Å². The lowest BCUT2D eigenvalue weighted by Crippen LogP contribution is -2.41. The average Bonchev–Trinajstić information content (AvgIpc) is 2.52. The maximum absolute atomic E-state index is 12.6. The molecule has 1 aliphatic heterocycles. The Morgan fingerprint density at radius 3 is 2.50 bits per heavy atom. The highest BCUT2D eigenvalue weighted by Crippen LogP contribution is 2.31. The first-order valence-corrected chi connectivity index (χ1v) is 7.55. The van der Waals surface area contributed by atoms with Crippen molar-refractivity contribution in [1.29, 1.82) is 0 Å². The van der Waals surface area contributed by atoms with Gasteiger partial charge in [-0.1, -0.05) is 6.07 Å². The van der Waals surface area contributed by atoms with Crippen LogP contribution in [-0.4, -0.2) is 41.6 Å². The van der Waals surface area contributed by atoms with Gasteiger partial charge < -0.3 is 14.7 Å². The fourth-order valence-electron chi connectivity index (χ4n) is 2.63. The molecular formula is C16H18F3NO4. The predicted molar refractivity (Wildman–Crippen MR) is 78.5 cm³/mol. The summed E-state index contributed by atoms with van der Waals surface area (Å²) in [6, 6.07) is 4.37. The Kier molecular flexibility index (Phi) is 5.69. The van der Waals surface area contributed by atoms with Gasteiger partial charge in [-0.3, -0.25) is 9.59 Å². The van der Waals surface area contributed by atoms with Crippen molar-refractivity contribution in [2.45, 2.75) is 25.4 Å². The first-order valence-electron chi connectivity index (χ1n) is 7.55. The highest BCUT2D eigenvalue weighted by Gasteiger charge is 2.30. The predicted octanol–water partition coefficient (Wildman–Crippen LogP) is 2.80. The van der Waals surface area contributed by atoms with Crippen LogP contribution in [0.25, 0.3) is 0 Å². The van der Waals surface area contributed by atoms with Crippen molar-refractivity contribution in [3.05, 3.63) is 29.8 Å². The number of amides is 1. The molecule has 5 nitrogen and oxygen atoms in total. The molecule has 1 fully saturated rings. The minimum Gasteiger partial charge on any atom is -0.484 e. The number of hydrogen-bond acceptors (Lipinski definition) is 3. The van der Waals surface area contributed by atoms with Crippen molar-refractivity contribution in [1.82, 2.24) is 4.90 Å². The van der Waals surface area contributed by atoms with Crippen LogP contribution in [0.4, 0.5) is 13.2 Å². The van der Waals surface area contributed by atoms with Gasteiger partial charge in [-0.05, 0) is 37.0 Å². The molecule has 1 amide bonds. The number of benzene rings is 1. The van der Waals surface area contributed by atoms with Crippen molar-refractivity contribution in [2.24, 2.45) is 5.92 Å². The summed E-state index contributed by atoms with van der Waals surface area (Å²) in [4.78, 5) is 24.3. The van der Waals surface area contributed by atoms with Crippen molar-refractivity contribution < 1.29 is 32.6 Å². The summed E-state index contributed by atoms with van der Waals surface area (Å²) < 4.78 is 43.0. The largest absolute Gasteiger partial charge is 0.484 e. The lowest BCUT2D eigenvalue weighted by Gasteiger charge is -2.31. The monoisotopic (exact) mass is 345 g/mol. The number of halogens is 3. The van der Waals surface area contributed by atoms with E-state index in [-0.39, 0.29) is 30.6 Å². The van der Waals surface area contributed by atoms with Crippen LogP contribution in [0.2, 0.25) is 0 Å². The third-order valence-corrected chi connectivity index (χ3v) is 3.95. The van der Waals surface area contributed by atoms with E-state index >= 15 is 0 Å². The highest BCUT2D eigenvalue weighted by atomic mass is 19.4. The van der Waals surface area contributed by atoms with Crippen molar-refractivity contribution in [3.63, 3.8) is 0 Å². The number of alkyl halides is 3. The van der Waals surface area contributed by atoms with Gasteiger partial charge >= 0.3 is 12.1 Å². The lowest BCUT2D eigenvalue weighted by molar-refractivity contribution is -0.139. The second-order valence-corrected chi connectivity index (χ2v) is 5.74. The number of ether oxygens (including phenoxy) is 1. The highest BCUT2D eigenvalue weighted by molar-refractivity contribution is 5.78. The zero-order valence-electron chi connectivity index (χ0n) is 12.9. The number of carboxylic acid groups (broad SMARTS) is 1. The van der Waals surface area contributed by atoms with Crippen LogP contribution in [0.3, 0.4) is 0 Å². The van der Waals surface area contributed by atoms with E-state index in [0.29, 0.717) is 25.9 Å². The standard InChI is InChI=1S/C16H18F3NO4/c17-16(18,19)12-2-1-3-13(9-12)24-10-14(21)20-6-4-11(5-7-20)8-15(22)23/h1-3,9,11H,4-8,10H2,(H,22,23). The van der Waals surface area contributed by atoms with E-state index in [1.54, 1.807) is 4.90 Å². The Morgan fingerprint density at radius 1 is 1.25 bits per heavy atom. The average molecular weight is 345 g/mol. The van der Waals surface area contributed by atoms with E-state index < -0.39 is 17.7 Å². The molecule has 0 spiro atoms. The quantitative estimate of drug-likeness (QED) is 0.891. The van der Waals surface area contributed by atoms with Crippen LogP contribution in [-0.2, 0) is 15.8 Å². The minimum atomic E-state index is -4.46. The van der Waals surface area contributed by atoms with Crippen LogP contribution < -0.4 is 4.74 Å². The Hall–Kier alpha value is -2.25. The summed E-state index contributed by atoms with van der Waals surface area (Å²) in [5.41, 5.74) is -0.832. The third kappa shape index (κ3) is 5.14. The molecule has 0 saturated carbocycles. The second kappa shape index (κ2) is 7.55. The van der Waals surface area contributed by atoms with E-state index in [1.807, 2.05) is 0 Å². The maximum Gasteiger partial charge on any atom is 0.416 e. The van der Waals surface area contributed by atoms with Gasteiger partial charge in [-0.15, -0.1) is 0 Å². The summed E-state index contributed by atoms with van der Waals surface area (Å²) in [7, 11) is 0. The van der Waals surface area contributed by atoms with Gasteiger partial charge in [0.1, 0.15) is 5.75 Å². The molecule has 0 atom stereocenters. The molecule has 8 heteroatoms. The summed E-state index contributed by atoms with van der Waals surface area (Å²) in [6.45, 7) is 0.524. The zero-order valence-corrected chi connectivity index (χ0v) is 12.9. The van der Waals surface area contributed by atoms with Gasteiger partial charge in [0.25, 0.3) is 5.91 Å². The van der Waals surface area contributed by atoms with Crippen molar-refractivity contribution in [3.8, 4) is 5.75 Å². The summed E-state index contributed by atoms with van der Waals surface area (Å²) in [6.07, 6.45) is -3.18. The van der Waals surface area contributed by atoms with Crippen molar-refractivity contribution >= 4 is 11.9 Å². The molecule has 1 aromatic carbocycles. The van der Waals surface area contributed by atoms with E-state index in [1.165, 1.54) is 12.1 Å². The van der Waals surface area contributed by atoms with Gasteiger partial charge in [0.15, 0.2) is 6.61 Å². The normalized spacial score (nSPS) is 16.0. The molecule has 1 saturated heterocycles. The lowest BCUT2D eigenvalue weighted by atomic mass is 9.94. The first-order chi connectivity index (χ1) is 11.3. The van der Waals surface area contributed by atoms with Crippen LogP contribution in [0.5, 0.6) is 5.75 Å². The molecule has 1 N–H and O–H groups in total. The molecule has 1 aromatic rings. The SMILES string of the molecule is O=C(O)CC1CCN(C(=O)COc2cccc(C(F)(F)F)c2)CC1. The number of nitrogens with zero attached hydrogens (tertiary/aromatic N) is 1. The number of likely N-dealkylation sites (tertiary alicyclic amines) is 1. The molecule has 0 bridgehead atoms. The smallest absolute Gasteiger partial charge is 0.416 e. The number of carboxylic acids is 1. The zero-order chi connectivity index (χ0) is 17.7. The second-order valence-electron chi connectivity index (χ2n) is 5.74. The van der Waals surface area contributed by atoms with E-state index in [2.05, 4.69) is 0 Å². The topological polar surface area (TPSA) is 66.8 Å². The Labute approximate surface area is 137 Å². The van der Waals surface area contributed by atoms with Gasteiger partial charge in [0.2, 0.25) is 0 Å². The summed E-state index contributed by atoms with van der Waals surface area (Å²) >= 11 is 0. The molecule has 0 aromatic heterocycles. The number of aliphatic carboxylic acids is 1. The minimum absolute atomic E-state index is 0.0149. The van der Waals surface area contributed by atoms with Crippen LogP contribution in [0, 0.1) is 5.92 Å². The van der Waals surface area contributed by atoms with E-state index in [0.717, 1.165) is 12.1 Å². The molecule has 0 aliphatic carbocycles. The third-order valence-electron chi connectivity index (χ3n) is 3.95. The molecule has 1 aliphatic rings. The maximum atomic E-state index is 12.6. The summed E-state index contributed by atoms with van der Waals surface area (Å²) in [5.74, 6) is -1.14. The van der Waals surface area contributed by atoms with E-state index in [4.69, 9.17) is 9.84 Å². The number of carbonyl (C=O) groups excluding carboxylic acids is 1. The van der Waals surface area contributed by atoms with Gasteiger partial charge in [-0.2, -0.15) is 13.2 Å². The van der Waals surface area contributed by atoms with Crippen LogP contribution in [0.15, 0.2) is 24.3 Å². The molecule has 1 heterocycles. The summed E-state index contributed by atoms with van der Waals surface area (Å²) in [5, 5.41) is 8.75. The van der Waals surface area contributed by atoms with Crippen LogP contribution >= 0.6 is 0 Å². The molecule has 132 valence electrons. The molecule has 0 radical (unpaired) electrons. The van der Waals surface area contributed by atoms with Gasteiger partial charge in [0.05, 0.1) is 5.56 Å². The number of carbonyl (C=O) groups is 2. The number of hydrogen-bond donors (Lipinski definition) is 1. The molecule has 2 rings (SSSR count). The fraction of sp³-hybridized carbons (Fsp3) is 0.500. The van der Waals surface area contributed by atoms with Gasteiger partial charge in [0, 0.05) is 19.5 Å².